The maximum absolute atomic E-state index is 13.3. The Morgan fingerprint density at radius 3 is 2.82 bits per heavy atom. The number of ether oxygens (including phenoxy) is 1. The van der Waals surface area contributed by atoms with Crippen molar-refractivity contribution < 1.29 is 24.4 Å². The molecule has 2 aromatic rings. The highest BCUT2D eigenvalue weighted by Crippen LogP contribution is 2.38. The summed E-state index contributed by atoms with van der Waals surface area (Å²) in [7, 11) is 0. The lowest BCUT2D eigenvalue weighted by molar-refractivity contribution is -0.0911. The van der Waals surface area contributed by atoms with Crippen LogP contribution in [0.3, 0.4) is 0 Å². The zero-order chi connectivity index (χ0) is 16.1. The van der Waals surface area contributed by atoms with Crippen molar-refractivity contribution in [2.24, 2.45) is 0 Å². The normalized spacial score (nSPS) is 31.5. The quantitative estimate of drug-likeness (QED) is 0.375. The highest BCUT2D eigenvalue weighted by atomic mass is 19.1. The molecule has 2 aromatic heterocycles. The number of hydrogen-bond acceptors (Lipinski definition) is 8. The molecule has 0 amide bonds. The van der Waals surface area contributed by atoms with Crippen LogP contribution < -0.4 is 5.73 Å². The van der Waals surface area contributed by atoms with Crippen LogP contribution in [0.15, 0.2) is 6.33 Å². The summed E-state index contributed by atoms with van der Waals surface area (Å²) in [6.45, 7) is -0.712. The second-order valence-corrected chi connectivity index (χ2v) is 4.84. The molecule has 1 fully saturated rings. The standard InChI is InChI=1S/C12H12FN5O4/c1-2-12(3-19)7(21)6(20)10(22-12)18-4-15-5-8(14)16-11(13)17-9(5)18/h1,4,6-7,10,19-21H,3H2,(H2,14,16,17)/t6?,7?,10?,12-/m1/s1. The van der Waals surface area contributed by atoms with Gasteiger partial charge in [0.2, 0.25) is 0 Å². The van der Waals surface area contributed by atoms with Gasteiger partial charge in [-0.15, -0.1) is 6.42 Å². The van der Waals surface area contributed by atoms with Crippen molar-refractivity contribution in [3.8, 4) is 12.3 Å². The minimum absolute atomic E-state index is 0.0352. The molecule has 5 N–H and O–H groups in total. The van der Waals surface area contributed by atoms with Crippen molar-refractivity contribution >= 4 is 17.0 Å². The molecule has 4 atom stereocenters. The van der Waals surface area contributed by atoms with Crippen LogP contribution in [0.25, 0.3) is 11.2 Å². The summed E-state index contributed by atoms with van der Waals surface area (Å²) in [5.41, 5.74) is 3.83. The zero-order valence-corrected chi connectivity index (χ0v) is 11.1. The zero-order valence-electron chi connectivity index (χ0n) is 11.1. The second-order valence-electron chi connectivity index (χ2n) is 4.84. The van der Waals surface area contributed by atoms with E-state index in [1.807, 2.05) is 0 Å². The third kappa shape index (κ3) is 1.84. The Bertz CT molecular complexity index is 775. The molecule has 0 bridgehead atoms. The molecule has 0 aromatic carbocycles. The first kappa shape index (κ1) is 14.6. The van der Waals surface area contributed by atoms with Crippen molar-refractivity contribution in [1.82, 2.24) is 19.5 Å². The molecule has 1 aliphatic rings. The molecule has 3 unspecified atom stereocenters. The number of imidazole rings is 1. The monoisotopic (exact) mass is 309 g/mol. The maximum atomic E-state index is 13.3. The number of nitrogens with two attached hydrogens (primary N) is 1. The van der Waals surface area contributed by atoms with Gasteiger partial charge in [-0.3, -0.25) is 4.57 Å². The van der Waals surface area contributed by atoms with E-state index in [4.69, 9.17) is 16.9 Å². The highest BCUT2D eigenvalue weighted by molar-refractivity contribution is 5.81. The van der Waals surface area contributed by atoms with Gasteiger partial charge in [-0.2, -0.15) is 14.4 Å². The number of halogens is 1. The number of nitrogen functional groups attached to an aromatic ring is 1. The molecule has 3 rings (SSSR count). The van der Waals surface area contributed by atoms with Crippen LogP contribution in [0, 0.1) is 18.4 Å². The van der Waals surface area contributed by atoms with Gasteiger partial charge in [0.05, 0.1) is 12.9 Å². The fourth-order valence-electron chi connectivity index (χ4n) is 2.40. The molecule has 22 heavy (non-hydrogen) atoms. The Balaban J connectivity index is 2.11. The lowest BCUT2D eigenvalue weighted by Crippen LogP contribution is -2.44. The van der Waals surface area contributed by atoms with Crippen molar-refractivity contribution in [2.45, 2.75) is 24.0 Å². The number of aliphatic hydroxyl groups is 3. The minimum atomic E-state index is -1.78. The van der Waals surface area contributed by atoms with Gasteiger partial charge >= 0.3 is 6.08 Å². The third-order valence-electron chi connectivity index (χ3n) is 3.60. The van der Waals surface area contributed by atoms with Crippen molar-refractivity contribution in [3.05, 3.63) is 12.4 Å². The van der Waals surface area contributed by atoms with Crippen LogP contribution in [-0.4, -0.2) is 59.3 Å². The van der Waals surface area contributed by atoms with E-state index in [1.165, 1.54) is 10.9 Å². The molecule has 9 nitrogen and oxygen atoms in total. The third-order valence-corrected chi connectivity index (χ3v) is 3.60. The van der Waals surface area contributed by atoms with E-state index in [0.29, 0.717) is 0 Å². The number of nitrogens with zero attached hydrogens (tertiary/aromatic N) is 4. The summed E-state index contributed by atoms with van der Waals surface area (Å²) in [6, 6.07) is 0. The van der Waals surface area contributed by atoms with E-state index < -0.39 is 36.7 Å². The molecule has 116 valence electrons. The Kier molecular flexibility index (Phi) is 3.22. The molecule has 0 aliphatic carbocycles. The number of fused-ring (bicyclic) bond motifs is 1. The van der Waals surface area contributed by atoms with Crippen molar-refractivity contribution in [1.29, 1.82) is 0 Å². The Labute approximate surface area is 123 Å². The van der Waals surface area contributed by atoms with Gasteiger partial charge in [-0.05, 0) is 0 Å². The Morgan fingerprint density at radius 2 is 2.23 bits per heavy atom. The number of aliphatic hydroxyl groups excluding tert-OH is 3. The summed E-state index contributed by atoms with van der Waals surface area (Å²) in [5, 5.41) is 29.5. The van der Waals surface area contributed by atoms with Crippen LogP contribution in [0.5, 0.6) is 0 Å². The van der Waals surface area contributed by atoms with Gasteiger partial charge in [-0.1, -0.05) is 5.92 Å². The average molecular weight is 309 g/mol. The smallest absolute Gasteiger partial charge is 0.312 e. The second kappa shape index (κ2) is 4.85. The lowest BCUT2D eigenvalue weighted by Gasteiger charge is -2.23. The molecule has 0 spiro atoms. The first-order valence-corrected chi connectivity index (χ1v) is 6.21. The molecule has 10 heteroatoms. The van der Waals surface area contributed by atoms with Crippen LogP contribution in [-0.2, 0) is 4.74 Å². The van der Waals surface area contributed by atoms with Gasteiger partial charge in [0.1, 0.15) is 12.2 Å². The molecule has 0 saturated carbocycles. The van der Waals surface area contributed by atoms with Gasteiger partial charge in [0.15, 0.2) is 28.8 Å². The van der Waals surface area contributed by atoms with E-state index in [0.717, 1.165) is 0 Å². The molecular weight excluding hydrogens is 297 g/mol. The number of terminal acetylenes is 1. The van der Waals surface area contributed by atoms with E-state index in [2.05, 4.69) is 20.9 Å². The molecule has 0 radical (unpaired) electrons. The van der Waals surface area contributed by atoms with E-state index >= 15 is 0 Å². The van der Waals surface area contributed by atoms with Gasteiger partial charge in [0, 0.05) is 0 Å². The summed E-state index contributed by atoms with van der Waals surface area (Å²) in [5.74, 6) is 1.94. The average Bonchev–Trinajstić information content (AvgIpc) is 3.01. The minimum Gasteiger partial charge on any atom is -0.392 e. The van der Waals surface area contributed by atoms with E-state index in [-0.39, 0.29) is 17.0 Å². The molecule has 3 heterocycles. The SMILES string of the molecule is C#C[C@]1(CO)OC(n2cnc3c(N)nc(F)nc32)C(O)C1O. The van der Waals surface area contributed by atoms with Crippen molar-refractivity contribution in [3.63, 3.8) is 0 Å². The van der Waals surface area contributed by atoms with E-state index in [1.54, 1.807) is 0 Å². The summed E-state index contributed by atoms with van der Waals surface area (Å²) < 4.78 is 19.9. The van der Waals surface area contributed by atoms with Crippen molar-refractivity contribution in [2.75, 3.05) is 12.3 Å². The number of anilines is 1. The molecule has 1 aliphatic heterocycles. The lowest BCUT2D eigenvalue weighted by atomic mass is 9.97. The fourth-order valence-corrected chi connectivity index (χ4v) is 2.40. The molecule has 1 saturated heterocycles. The maximum Gasteiger partial charge on any atom is 0.312 e. The number of aromatic nitrogens is 4. The van der Waals surface area contributed by atoms with Gasteiger partial charge in [-0.25, -0.2) is 4.98 Å². The Hall–Kier alpha value is -2.32. The van der Waals surface area contributed by atoms with Crippen LogP contribution in [0.2, 0.25) is 0 Å². The van der Waals surface area contributed by atoms with Crippen LogP contribution in [0.4, 0.5) is 10.2 Å². The highest BCUT2D eigenvalue weighted by Gasteiger charge is 2.54. The number of hydrogen-bond donors (Lipinski definition) is 4. The fraction of sp³-hybridized carbons (Fsp3) is 0.417. The van der Waals surface area contributed by atoms with Gasteiger partial charge in [0.25, 0.3) is 0 Å². The summed E-state index contributed by atoms with van der Waals surface area (Å²) in [6.07, 6.45) is 1.13. The predicted octanol–water partition coefficient (Wildman–Crippen LogP) is -1.84. The topological polar surface area (TPSA) is 140 Å². The summed E-state index contributed by atoms with van der Waals surface area (Å²) in [4.78, 5) is 10.8. The first-order valence-electron chi connectivity index (χ1n) is 6.21. The first-order chi connectivity index (χ1) is 10.4. The van der Waals surface area contributed by atoms with Crippen LogP contribution in [0.1, 0.15) is 6.23 Å². The summed E-state index contributed by atoms with van der Waals surface area (Å²) >= 11 is 0. The van der Waals surface area contributed by atoms with Crippen LogP contribution >= 0.6 is 0 Å². The van der Waals surface area contributed by atoms with Gasteiger partial charge < -0.3 is 25.8 Å². The molecular formula is C12H12FN5O4. The Morgan fingerprint density at radius 1 is 1.50 bits per heavy atom. The predicted molar refractivity (Wildman–Crippen MR) is 70.5 cm³/mol. The largest absolute Gasteiger partial charge is 0.392 e. The number of rotatable bonds is 2. The van der Waals surface area contributed by atoms with E-state index in [9.17, 15) is 19.7 Å².